The number of hydrogen-bond donors (Lipinski definition) is 1. The normalized spacial score (nSPS) is 24.1. The SMILES string of the molecule is OC1(Cn2ccnn2)CCN(CC2=Cc3ccccc3OC2)C1. The summed E-state index contributed by atoms with van der Waals surface area (Å²) in [6.07, 6.45) is 6.37. The summed E-state index contributed by atoms with van der Waals surface area (Å²) >= 11 is 0. The second kappa shape index (κ2) is 5.79. The van der Waals surface area contributed by atoms with Gasteiger partial charge in [-0.2, -0.15) is 0 Å². The molecule has 120 valence electrons. The number of benzene rings is 1. The fraction of sp³-hybridized carbons (Fsp3) is 0.412. The predicted molar refractivity (Wildman–Crippen MR) is 85.9 cm³/mol. The molecule has 1 N–H and O–H groups in total. The maximum absolute atomic E-state index is 10.7. The zero-order valence-corrected chi connectivity index (χ0v) is 12.9. The van der Waals surface area contributed by atoms with Crippen molar-refractivity contribution >= 4 is 6.08 Å². The highest BCUT2D eigenvalue weighted by molar-refractivity contribution is 5.62. The lowest BCUT2D eigenvalue weighted by Crippen LogP contribution is -2.38. The summed E-state index contributed by atoms with van der Waals surface area (Å²) in [7, 11) is 0. The van der Waals surface area contributed by atoms with E-state index in [1.54, 1.807) is 17.1 Å². The molecule has 0 radical (unpaired) electrons. The van der Waals surface area contributed by atoms with E-state index in [1.165, 1.54) is 5.57 Å². The lowest BCUT2D eigenvalue weighted by Gasteiger charge is -2.25. The molecular formula is C17H20N4O2. The van der Waals surface area contributed by atoms with Crippen LogP contribution in [0.25, 0.3) is 6.08 Å². The Morgan fingerprint density at radius 1 is 1.30 bits per heavy atom. The minimum absolute atomic E-state index is 0.488. The third kappa shape index (κ3) is 3.13. The molecule has 1 saturated heterocycles. The largest absolute Gasteiger partial charge is 0.489 e. The lowest BCUT2D eigenvalue weighted by molar-refractivity contribution is 0.0288. The average molecular weight is 312 g/mol. The number of fused-ring (bicyclic) bond motifs is 1. The van der Waals surface area contributed by atoms with Gasteiger partial charge in [-0.3, -0.25) is 4.90 Å². The van der Waals surface area contributed by atoms with Crippen molar-refractivity contribution in [2.75, 3.05) is 26.2 Å². The molecule has 6 nitrogen and oxygen atoms in total. The number of para-hydroxylation sites is 1. The van der Waals surface area contributed by atoms with Crippen LogP contribution in [0, 0.1) is 0 Å². The van der Waals surface area contributed by atoms with Gasteiger partial charge in [0.15, 0.2) is 0 Å². The summed E-state index contributed by atoms with van der Waals surface area (Å²) in [4.78, 5) is 2.28. The summed E-state index contributed by atoms with van der Waals surface area (Å²) in [6.45, 7) is 3.46. The van der Waals surface area contributed by atoms with Gasteiger partial charge in [0.2, 0.25) is 0 Å². The maximum Gasteiger partial charge on any atom is 0.127 e. The molecule has 1 aromatic heterocycles. The van der Waals surface area contributed by atoms with Gasteiger partial charge in [-0.05, 0) is 24.1 Å². The molecule has 2 aromatic rings. The highest BCUT2D eigenvalue weighted by Gasteiger charge is 2.37. The van der Waals surface area contributed by atoms with E-state index in [4.69, 9.17) is 4.74 Å². The van der Waals surface area contributed by atoms with Gasteiger partial charge < -0.3 is 9.84 Å². The van der Waals surface area contributed by atoms with Crippen molar-refractivity contribution in [3.63, 3.8) is 0 Å². The monoisotopic (exact) mass is 312 g/mol. The molecule has 0 amide bonds. The maximum atomic E-state index is 10.7. The van der Waals surface area contributed by atoms with Gasteiger partial charge in [0.1, 0.15) is 12.4 Å². The van der Waals surface area contributed by atoms with Crippen LogP contribution in [0.5, 0.6) is 5.75 Å². The molecule has 1 unspecified atom stereocenters. The molecule has 0 bridgehead atoms. The first-order valence-corrected chi connectivity index (χ1v) is 7.90. The third-order valence-electron chi connectivity index (χ3n) is 4.46. The van der Waals surface area contributed by atoms with Crippen LogP contribution in [-0.4, -0.2) is 56.8 Å². The van der Waals surface area contributed by atoms with Gasteiger partial charge in [0, 0.05) is 31.4 Å². The van der Waals surface area contributed by atoms with E-state index < -0.39 is 5.60 Å². The zero-order chi connectivity index (χ0) is 15.7. The molecular weight excluding hydrogens is 292 g/mol. The van der Waals surface area contributed by atoms with Crippen LogP contribution in [0.3, 0.4) is 0 Å². The molecule has 1 fully saturated rings. The van der Waals surface area contributed by atoms with E-state index in [9.17, 15) is 5.11 Å². The van der Waals surface area contributed by atoms with Crippen molar-refractivity contribution in [3.05, 3.63) is 47.8 Å². The molecule has 0 spiro atoms. The summed E-state index contributed by atoms with van der Waals surface area (Å²) in [5.41, 5.74) is 1.64. The van der Waals surface area contributed by atoms with Crippen LogP contribution in [0.4, 0.5) is 0 Å². The molecule has 6 heteroatoms. The Morgan fingerprint density at radius 3 is 3.09 bits per heavy atom. The number of rotatable bonds is 4. The minimum atomic E-state index is -0.734. The predicted octanol–water partition coefficient (Wildman–Crippen LogP) is 1.19. The van der Waals surface area contributed by atoms with Crippen molar-refractivity contribution < 1.29 is 9.84 Å². The fourth-order valence-electron chi connectivity index (χ4n) is 3.36. The van der Waals surface area contributed by atoms with Crippen LogP contribution in [0.2, 0.25) is 0 Å². The number of nitrogens with zero attached hydrogens (tertiary/aromatic N) is 4. The van der Waals surface area contributed by atoms with Gasteiger partial charge in [-0.25, -0.2) is 4.68 Å². The molecule has 0 saturated carbocycles. The van der Waals surface area contributed by atoms with Crippen molar-refractivity contribution in [3.8, 4) is 5.75 Å². The second-order valence-electron chi connectivity index (χ2n) is 6.41. The quantitative estimate of drug-likeness (QED) is 0.919. The van der Waals surface area contributed by atoms with Gasteiger partial charge >= 0.3 is 0 Å². The standard InChI is InChI=1S/C17H20N4O2/c22-17(13-21-8-6-18-19-21)5-7-20(12-17)10-14-9-15-3-1-2-4-16(15)23-11-14/h1-4,6,8-9,22H,5,7,10-13H2. The Bertz CT molecular complexity index is 713. The van der Waals surface area contributed by atoms with Crippen LogP contribution < -0.4 is 4.74 Å². The molecule has 0 aliphatic carbocycles. The van der Waals surface area contributed by atoms with Crippen LogP contribution in [0.1, 0.15) is 12.0 Å². The van der Waals surface area contributed by atoms with Gasteiger partial charge in [-0.15, -0.1) is 5.10 Å². The molecule has 23 heavy (non-hydrogen) atoms. The van der Waals surface area contributed by atoms with Crippen molar-refractivity contribution in [2.24, 2.45) is 0 Å². The Balaban J connectivity index is 1.40. The van der Waals surface area contributed by atoms with Gasteiger partial charge in [0.25, 0.3) is 0 Å². The number of likely N-dealkylation sites (tertiary alicyclic amines) is 1. The topological polar surface area (TPSA) is 63.4 Å². The second-order valence-corrected chi connectivity index (χ2v) is 6.41. The number of hydrogen-bond acceptors (Lipinski definition) is 5. The molecule has 2 aliphatic rings. The molecule has 4 rings (SSSR count). The fourth-order valence-corrected chi connectivity index (χ4v) is 3.36. The molecule has 3 heterocycles. The lowest BCUT2D eigenvalue weighted by atomic mass is 10.0. The van der Waals surface area contributed by atoms with E-state index in [1.807, 2.05) is 18.2 Å². The first-order valence-electron chi connectivity index (χ1n) is 7.90. The Labute approximate surface area is 135 Å². The van der Waals surface area contributed by atoms with Gasteiger partial charge in [-0.1, -0.05) is 23.4 Å². The van der Waals surface area contributed by atoms with Crippen molar-refractivity contribution in [2.45, 2.75) is 18.6 Å². The Hall–Kier alpha value is -2.18. The Morgan fingerprint density at radius 2 is 2.22 bits per heavy atom. The summed E-state index contributed by atoms with van der Waals surface area (Å²) in [6, 6.07) is 8.08. The van der Waals surface area contributed by atoms with E-state index >= 15 is 0 Å². The molecule has 1 aromatic carbocycles. The van der Waals surface area contributed by atoms with Gasteiger partial charge in [0.05, 0.1) is 18.3 Å². The van der Waals surface area contributed by atoms with Crippen LogP contribution >= 0.6 is 0 Å². The van der Waals surface area contributed by atoms with Crippen molar-refractivity contribution in [1.29, 1.82) is 0 Å². The summed E-state index contributed by atoms with van der Waals surface area (Å²) in [5, 5.41) is 18.5. The Kier molecular flexibility index (Phi) is 3.63. The van der Waals surface area contributed by atoms with E-state index in [-0.39, 0.29) is 0 Å². The first kappa shape index (κ1) is 14.4. The number of aromatic nitrogens is 3. The third-order valence-corrected chi connectivity index (χ3v) is 4.46. The van der Waals surface area contributed by atoms with Crippen molar-refractivity contribution in [1.82, 2.24) is 19.9 Å². The number of aliphatic hydroxyl groups is 1. The smallest absolute Gasteiger partial charge is 0.127 e. The minimum Gasteiger partial charge on any atom is -0.489 e. The molecule has 2 aliphatic heterocycles. The van der Waals surface area contributed by atoms with Crippen LogP contribution in [0.15, 0.2) is 42.2 Å². The number of ether oxygens (including phenoxy) is 1. The first-order chi connectivity index (χ1) is 11.2. The summed E-state index contributed by atoms with van der Waals surface area (Å²) < 4.78 is 7.50. The molecule has 1 atom stereocenters. The zero-order valence-electron chi connectivity index (χ0n) is 12.9. The van der Waals surface area contributed by atoms with E-state index in [2.05, 4.69) is 27.4 Å². The summed E-state index contributed by atoms with van der Waals surface area (Å²) in [5.74, 6) is 0.945. The average Bonchev–Trinajstić information content (AvgIpc) is 3.17. The van der Waals surface area contributed by atoms with Crippen LogP contribution in [-0.2, 0) is 6.54 Å². The van der Waals surface area contributed by atoms with E-state index in [0.717, 1.165) is 30.8 Å². The highest BCUT2D eigenvalue weighted by Crippen LogP contribution is 2.28. The number of β-amino-alcohol motifs (C(OH)–C–C–N with tert-alkyl or cyclic N) is 1. The van der Waals surface area contributed by atoms with E-state index in [0.29, 0.717) is 19.7 Å². The highest BCUT2D eigenvalue weighted by atomic mass is 16.5.